The van der Waals surface area contributed by atoms with Gasteiger partial charge in [-0.2, -0.15) is 0 Å². The number of hydrogen-bond acceptors (Lipinski definition) is 4. The summed E-state index contributed by atoms with van der Waals surface area (Å²) in [7, 11) is 0. The normalized spacial score (nSPS) is 13.6. The molecule has 0 bridgehead atoms. The van der Waals surface area contributed by atoms with Crippen LogP contribution in [0.1, 0.15) is 126 Å². The van der Waals surface area contributed by atoms with Gasteiger partial charge in [-0.1, -0.05) is 113 Å². The van der Waals surface area contributed by atoms with Gasteiger partial charge in [0.1, 0.15) is 11.5 Å². The van der Waals surface area contributed by atoms with Gasteiger partial charge in [0.15, 0.2) is 0 Å². The zero-order valence-electron chi connectivity index (χ0n) is 31.3. The van der Waals surface area contributed by atoms with Crippen molar-refractivity contribution < 1.29 is 19.8 Å². The number of phenols is 1. The second-order valence-corrected chi connectivity index (χ2v) is 16.9. The van der Waals surface area contributed by atoms with Crippen LogP contribution in [0.4, 0.5) is 11.4 Å². The zero-order valence-corrected chi connectivity index (χ0v) is 31.3. The zero-order chi connectivity index (χ0) is 36.1. The van der Waals surface area contributed by atoms with E-state index in [9.17, 15) is 19.8 Å². The minimum absolute atomic E-state index is 0.104. The summed E-state index contributed by atoms with van der Waals surface area (Å²) in [6, 6.07) is 11.1. The summed E-state index contributed by atoms with van der Waals surface area (Å²) in [5, 5.41) is 27.9. The van der Waals surface area contributed by atoms with Gasteiger partial charge in [-0.15, -0.1) is 0 Å². The molecule has 0 aliphatic heterocycles. The molecule has 4 N–H and O–H groups in total. The molecule has 0 saturated carbocycles. The Morgan fingerprint density at radius 3 is 1.53 bits per heavy atom. The molecule has 2 rings (SSSR count). The number of carbonyl (C=O) groups excluding carboxylic acids is 2. The first-order valence-corrected chi connectivity index (χ1v) is 16.7. The highest BCUT2D eigenvalue weighted by atomic mass is 16.3. The van der Waals surface area contributed by atoms with Gasteiger partial charge < -0.3 is 20.8 Å². The largest absolute Gasteiger partial charge is 0.507 e. The Bertz CT molecular complexity index is 1480. The van der Waals surface area contributed by atoms with E-state index in [0.717, 1.165) is 27.8 Å². The number of phenolic OH excluding ortho intramolecular Hbond substituents is 1. The lowest BCUT2D eigenvalue weighted by Gasteiger charge is -2.28. The van der Waals surface area contributed by atoms with Crippen molar-refractivity contribution in [1.82, 2.24) is 0 Å². The standard InChI is InChI=1S/C41H60N2O4/c1-26(23-31(39(6,7)8)36(46)27(2)38(3,4)5)15-21-34(44)42-29-17-19-30(20-18-29)43-35(45)22-16-28-24-32(40(9,10)11)37(47)33(25-28)41(12,13)14/h17-20,23-25,46-47H,2,15-16,21-22H2,1,3-14H3,(H,42,44)(H,43,45)/b26-23+,36-31-. The fourth-order valence-electron chi connectivity index (χ4n) is 5.11. The van der Waals surface area contributed by atoms with E-state index < -0.39 is 0 Å². The average molecular weight is 645 g/mol. The Morgan fingerprint density at radius 2 is 1.15 bits per heavy atom. The molecule has 0 saturated heterocycles. The number of nitrogens with one attached hydrogen (secondary N) is 2. The van der Waals surface area contributed by atoms with Crippen LogP contribution in [-0.4, -0.2) is 22.0 Å². The van der Waals surface area contributed by atoms with Crippen molar-refractivity contribution in [2.24, 2.45) is 10.8 Å². The van der Waals surface area contributed by atoms with Crippen LogP contribution in [0.25, 0.3) is 0 Å². The molecule has 2 amide bonds. The van der Waals surface area contributed by atoms with Crippen LogP contribution in [0, 0.1) is 10.8 Å². The maximum absolute atomic E-state index is 12.8. The second-order valence-electron chi connectivity index (χ2n) is 16.9. The molecule has 0 aromatic heterocycles. The Balaban J connectivity index is 2.01. The van der Waals surface area contributed by atoms with Crippen LogP contribution < -0.4 is 10.6 Å². The number of benzene rings is 2. The number of hydrogen-bond donors (Lipinski definition) is 4. The van der Waals surface area contributed by atoms with Gasteiger partial charge in [0, 0.05) is 24.2 Å². The van der Waals surface area contributed by atoms with E-state index in [1.807, 2.05) is 45.9 Å². The summed E-state index contributed by atoms with van der Waals surface area (Å²) in [5.74, 6) is 0.331. The van der Waals surface area contributed by atoms with Crippen LogP contribution in [-0.2, 0) is 26.8 Å². The van der Waals surface area contributed by atoms with E-state index in [1.165, 1.54) is 0 Å². The number of aliphatic hydroxyl groups excluding tert-OH is 1. The van der Waals surface area contributed by atoms with Gasteiger partial charge in [-0.3, -0.25) is 9.59 Å². The first-order chi connectivity index (χ1) is 21.3. The minimum atomic E-state index is -0.296. The molecule has 0 aliphatic rings. The van der Waals surface area contributed by atoms with Crippen LogP contribution in [0.3, 0.4) is 0 Å². The van der Waals surface area contributed by atoms with Crippen molar-refractivity contribution in [2.75, 3.05) is 10.6 Å². The van der Waals surface area contributed by atoms with Crippen molar-refractivity contribution in [3.8, 4) is 5.75 Å². The third-order valence-electron chi connectivity index (χ3n) is 8.27. The summed E-state index contributed by atoms with van der Waals surface area (Å²) < 4.78 is 0. The summed E-state index contributed by atoms with van der Waals surface area (Å²) >= 11 is 0. The van der Waals surface area contributed by atoms with Crippen LogP contribution in [0.2, 0.25) is 0 Å². The highest BCUT2D eigenvalue weighted by molar-refractivity contribution is 5.93. The molecule has 0 aliphatic carbocycles. The van der Waals surface area contributed by atoms with Gasteiger partial charge in [-0.05, 0) is 93.5 Å². The van der Waals surface area contributed by atoms with Gasteiger partial charge in [0.05, 0.1) is 0 Å². The SMILES string of the molecule is C=C(/C(O)=C(\C=C(/C)CCC(=O)Nc1ccc(NC(=O)CCc2cc(C(C)(C)C)c(O)c(C(C)(C)C)c2)cc1)C(C)(C)C)C(C)(C)C. The van der Waals surface area contributed by atoms with Gasteiger partial charge in [0.2, 0.25) is 11.8 Å². The highest BCUT2D eigenvalue weighted by Gasteiger charge is 2.27. The van der Waals surface area contributed by atoms with Crippen LogP contribution >= 0.6 is 0 Å². The number of aryl methyl sites for hydroxylation is 1. The first-order valence-electron chi connectivity index (χ1n) is 16.7. The van der Waals surface area contributed by atoms with Crippen LogP contribution in [0.5, 0.6) is 5.75 Å². The molecule has 6 heteroatoms. The molecule has 47 heavy (non-hydrogen) atoms. The Labute approximate surface area is 284 Å². The number of aromatic hydroxyl groups is 1. The Hall–Kier alpha value is -3.80. The fourth-order valence-corrected chi connectivity index (χ4v) is 5.11. The molecule has 6 nitrogen and oxygen atoms in total. The van der Waals surface area contributed by atoms with E-state index in [-0.39, 0.29) is 39.2 Å². The Kier molecular flexibility index (Phi) is 12.5. The number of aliphatic hydroxyl groups is 1. The molecule has 0 atom stereocenters. The third kappa shape index (κ3) is 11.7. The summed E-state index contributed by atoms with van der Waals surface area (Å²) in [4.78, 5) is 25.6. The highest BCUT2D eigenvalue weighted by Crippen LogP contribution is 2.40. The van der Waals surface area contributed by atoms with Gasteiger partial charge >= 0.3 is 0 Å². The predicted molar refractivity (Wildman–Crippen MR) is 198 cm³/mol. The van der Waals surface area contributed by atoms with E-state index in [0.29, 0.717) is 48.4 Å². The first kappa shape index (κ1) is 39.4. The third-order valence-corrected chi connectivity index (χ3v) is 8.27. The molecule has 2 aromatic carbocycles. The van der Waals surface area contributed by atoms with E-state index in [4.69, 9.17) is 0 Å². The van der Waals surface area contributed by atoms with Crippen molar-refractivity contribution in [3.05, 3.63) is 88.2 Å². The lowest BCUT2D eigenvalue weighted by atomic mass is 9.78. The molecule has 0 radical (unpaired) electrons. The molecule has 258 valence electrons. The number of amides is 2. The molecule has 0 spiro atoms. The van der Waals surface area contributed by atoms with E-state index in [2.05, 4.69) is 79.5 Å². The van der Waals surface area contributed by atoms with Gasteiger partial charge in [0.25, 0.3) is 0 Å². The molecule has 0 fully saturated rings. The smallest absolute Gasteiger partial charge is 0.224 e. The fraction of sp³-hybridized carbons (Fsp3) is 0.512. The quantitative estimate of drug-likeness (QED) is 0.153. The second kappa shape index (κ2) is 15.0. The summed E-state index contributed by atoms with van der Waals surface area (Å²) in [6.45, 7) is 30.8. The number of carbonyl (C=O) groups is 2. The molecular formula is C41H60N2O4. The number of allylic oxidation sites excluding steroid dienone is 4. The topological polar surface area (TPSA) is 98.7 Å². The number of anilines is 2. The van der Waals surface area contributed by atoms with E-state index in [1.54, 1.807) is 24.3 Å². The molecular weight excluding hydrogens is 584 g/mol. The molecule has 0 heterocycles. The molecule has 2 aromatic rings. The molecule has 0 unspecified atom stereocenters. The lowest BCUT2D eigenvalue weighted by molar-refractivity contribution is -0.117. The predicted octanol–water partition coefficient (Wildman–Crippen LogP) is 10.7. The van der Waals surface area contributed by atoms with Crippen molar-refractivity contribution in [1.29, 1.82) is 0 Å². The Morgan fingerprint density at radius 1 is 0.723 bits per heavy atom. The minimum Gasteiger partial charge on any atom is -0.507 e. The maximum atomic E-state index is 12.8. The van der Waals surface area contributed by atoms with Gasteiger partial charge in [-0.25, -0.2) is 0 Å². The summed E-state index contributed by atoms with van der Waals surface area (Å²) in [6.07, 6.45) is 3.68. The van der Waals surface area contributed by atoms with E-state index >= 15 is 0 Å². The summed E-state index contributed by atoms with van der Waals surface area (Å²) in [5.41, 5.74) is 5.57. The number of rotatable bonds is 10. The maximum Gasteiger partial charge on any atom is 0.224 e. The van der Waals surface area contributed by atoms with Crippen molar-refractivity contribution in [3.63, 3.8) is 0 Å². The lowest BCUT2D eigenvalue weighted by Crippen LogP contribution is -2.18. The van der Waals surface area contributed by atoms with Crippen molar-refractivity contribution in [2.45, 2.75) is 127 Å². The van der Waals surface area contributed by atoms with Crippen LogP contribution in [0.15, 0.2) is 71.5 Å². The van der Waals surface area contributed by atoms with Crippen molar-refractivity contribution >= 4 is 23.2 Å². The average Bonchev–Trinajstić information content (AvgIpc) is 2.92. The monoisotopic (exact) mass is 644 g/mol.